The van der Waals surface area contributed by atoms with Crippen molar-refractivity contribution >= 4 is 17.6 Å². The fourth-order valence-corrected chi connectivity index (χ4v) is 0.965. The standard InChI is InChI=1S/C9H13N3.C2H6/c1-12(2)8-3-4-9(11)7(5-8)6-10;1-2/h3-6,10H,11H2,1-2H3;1-2H3. The number of hydrogen-bond acceptors (Lipinski definition) is 3. The number of nitrogens with two attached hydrogens (primary N) is 1. The van der Waals surface area contributed by atoms with E-state index < -0.39 is 0 Å². The summed E-state index contributed by atoms with van der Waals surface area (Å²) in [4.78, 5) is 1.98. The second-order valence-electron chi connectivity index (χ2n) is 2.85. The predicted octanol–water partition coefficient (Wildman–Crippen LogP) is 2.36. The summed E-state index contributed by atoms with van der Waals surface area (Å²) in [6.07, 6.45) is 1.27. The van der Waals surface area contributed by atoms with Crippen LogP contribution in [0.1, 0.15) is 19.4 Å². The van der Waals surface area contributed by atoms with Crippen LogP contribution in [0.4, 0.5) is 11.4 Å². The van der Waals surface area contributed by atoms with Gasteiger partial charge in [-0.1, -0.05) is 13.8 Å². The molecule has 1 rings (SSSR count). The highest BCUT2D eigenvalue weighted by atomic mass is 15.1. The molecular weight excluding hydrogens is 174 g/mol. The van der Waals surface area contributed by atoms with Crippen molar-refractivity contribution in [2.45, 2.75) is 13.8 Å². The Morgan fingerprint density at radius 1 is 1.29 bits per heavy atom. The maximum Gasteiger partial charge on any atom is 0.0404 e. The first-order valence-electron chi connectivity index (χ1n) is 4.72. The molecule has 0 aliphatic heterocycles. The van der Waals surface area contributed by atoms with Crippen LogP contribution in [0.25, 0.3) is 0 Å². The van der Waals surface area contributed by atoms with Crippen molar-refractivity contribution < 1.29 is 0 Å². The van der Waals surface area contributed by atoms with Crippen molar-refractivity contribution in [2.24, 2.45) is 0 Å². The number of hydrogen-bond donors (Lipinski definition) is 2. The van der Waals surface area contributed by atoms with Gasteiger partial charge in [0, 0.05) is 37.2 Å². The lowest BCUT2D eigenvalue weighted by Gasteiger charge is -2.13. The lowest BCUT2D eigenvalue weighted by atomic mass is 10.1. The van der Waals surface area contributed by atoms with E-state index in [0.717, 1.165) is 11.3 Å². The molecule has 1 aromatic carbocycles. The molecule has 0 fully saturated rings. The van der Waals surface area contributed by atoms with Crippen molar-refractivity contribution in [2.75, 3.05) is 24.7 Å². The Hall–Kier alpha value is -1.51. The Balaban J connectivity index is 0.000000791. The van der Waals surface area contributed by atoms with Crippen molar-refractivity contribution in [3.63, 3.8) is 0 Å². The Labute approximate surface area is 86.0 Å². The zero-order valence-electron chi connectivity index (χ0n) is 9.33. The third-order valence-corrected chi connectivity index (χ3v) is 1.74. The minimum absolute atomic E-state index is 0.649. The summed E-state index contributed by atoms with van der Waals surface area (Å²) in [6.45, 7) is 4.00. The summed E-state index contributed by atoms with van der Waals surface area (Å²) in [5.41, 5.74) is 8.10. The fraction of sp³-hybridized carbons (Fsp3) is 0.364. The van der Waals surface area contributed by atoms with Gasteiger partial charge in [-0.05, 0) is 18.2 Å². The van der Waals surface area contributed by atoms with Gasteiger partial charge in [0.05, 0.1) is 0 Å². The molecule has 0 aromatic heterocycles. The van der Waals surface area contributed by atoms with E-state index in [0.29, 0.717) is 5.69 Å². The van der Waals surface area contributed by atoms with Gasteiger partial charge < -0.3 is 16.0 Å². The third-order valence-electron chi connectivity index (χ3n) is 1.74. The monoisotopic (exact) mass is 193 g/mol. The molecule has 0 aliphatic carbocycles. The average Bonchev–Trinajstić information content (AvgIpc) is 2.21. The number of nitrogens with zero attached hydrogens (tertiary/aromatic N) is 1. The molecule has 0 unspecified atom stereocenters. The van der Waals surface area contributed by atoms with Gasteiger partial charge in [-0.15, -0.1) is 0 Å². The molecule has 1 aromatic rings. The van der Waals surface area contributed by atoms with Crippen molar-refractivity contribution in [3.8, 4) is 0 Å². The van der Waals surface area contributed by atoms with Crippen LogP contribution in [-0.2, 0) is 0 Å². The van der Waals surface area contributed by atoms with Gasteiger partial charge in [0.1, 0.15) is 0 Å². The Bertz CT molecular complexity index is 293. The number of nitrogens with one attached hydrogen (secondary N) is 1. The lowest BCUT2D eigenvalue weighted by molar-refractivity contribution is 1.13. The van der Waals surface area contributed by atoms with E-state index in [9.17, 15) is 0 Å². The number of benzene rings is 1. The molecule has 0 radical (unpaired) electrons. The van der Waals surface area contributed by atoms with Gasteiger partial charge in [0.15, 0.2) is 0 Å². The molecule has 0 atom stereocenters. The van der Waals surface area contributed by atoms with E-state index in [1.165, 1.54) is 6.21 Å². The molecule has 78 valence electrons. The summed E-state index contributed by atoms with van der Waals surface area (Å²) in [5, 5.41) is 7.10. The third kappa shape index (κ3) is 3.09. The molecule has 0 amide bonds. The lowest BCUT2D eigenvalue weighted by Crippen LogP contribution is -2.09. The Morgan fingerprint density at radius 3 is 2.29 bits per heavy atom. The average molecular weight is 193 g/mol. The zero-order valence-corrected chi connectivity index (χ0v) is 9.33. The highest BCUT2D eigenvalue weighted by Crippen LogP contribution is 2.17. The number of nitrogen functional groups attached to an aromatic ring is 1. The number of anilines is 2. The molecule has 0 saturated carbocycles. The molecule has 14 heavy (non-hydrogen) atoms. The quantitative estimate of drug-likeness (QED) is 0.559. The maximum absolute atomic E-state index is 7.10. The second-order valence-corrected chi connectivity index (χ2v) is 2.85. The van der Waals surface area contributed by atoms with Gasteiger partial charge >= 0.3 is 0 Å². The van der Waals surface area contributed by atoms with Crippen LogP contribution in [0.3, 0.4) is 0 Å². The normalized spacial score (nSPS) is 8.57. The number of rotatable bonds is 2. The first-order chi connectivity index (χ1) is 6.65. The highest BCUT2D eigenvalue weighted by molar-refractivity contribution is 5.86. The van der Waals surface area contributed by atoms with E-state index >= 15 is 0 Å². The molecule has 0 aliphatic rings. The topological polar surface area (TPSA) is 53.1 Å². The SMILES string of the molecule is CC.CN(C)c1ccc(N)c(C=N)c1. The Kier molecular flexibility index (Phi) is 5.37. The minimum atomic E-state index is 0.649. The van der Waals surface area contributed by atoms with Crippen LogP contribution in [0.2, 0.25) is 0 Å². The summed E-state index contributed by atoms with van der Waals surface area (Å²) in [6, 6.07) is 5.64. The second kappa shape index (κ2) is 6.02. The molecule has 3 heteroatoms. The fourth-order valence-electron chi connectivity index (χ4n) is 0.965. The Morgan fingerprint density at radius 2 is 1.86 bits per heavy atom. The molecule has 0 heterocycles. The highest BCUT2D eigenvalue weighted by Gasteiger charge is 1.98. The summed E-state index contributed by atoms with van der Waals surface area (Å²) >= 11 is 0. The van der Waals surface area contributed by atoms with Gasteiger partial charge in [-0.2, -0.15) is 0 Å². The summed E-state index contributed by atoms with van der Waals surface area (Å²) < 4.78 is 0. The smallest absolute Gasteiger partial charge is 0.0404 e. The van der Waals surface area contributed by atoms with Gasteiger partial charge in [-0.3, -0.25) is 0 Å². The van der Waals surface area contributed by atoms with Gasteiger partial charge in [0.2, 0.25) is 0 Å². The predicted molar refractivity (Wildman–Crippen MR) is 64.4 cm³/mol. The minimum Gasteiger partial charge on any atom is -0.398 e. The van der Waals surface area contributed by atoms with E-state index in [2.05, 4.69) is 0 Å². The zero-order chi connectivity index (χ0) is 11.1. The maximum atomic E-state index is 7.10. The molecule has 3 N–H and O–H groups in total. The van der Waals surface area contributed by atoms with E-state index in [1.54, 1.807) is 0 Å². The van der Waals surface area contributed by atoms with Crippen LogP contribution in [0, 0.1) is 5.41 Å². The van der Waals surface area contributed by atoms with Crippen LogP contribution in [0.5, 0.6) is 0 Å². The molecule has 0 saturated heterocycles. The molecular formula is C11H19N3. The van der Waals surface area contributed by atoms with Crippen LogP contribution in [-0.4, -0.2) is 20.3 Å². The van der Waals surface area contributed by atoms with Crippen LogP contribution < -0.4 is 10.6 Å². The first kappa shape index (κ1) is 12.5. The molecule has 3 nitrogen and oxygen atoms in total. The summed E-state index contributed by atoms with van der Waals surface area (Å²) in [5.74, 6) is 0. The van der Waals surface area contributed by atoms with Crippen LogP contribution >= 0.6 is 0 Å². The van der Waals surface area contributed by atoms with Crippen molar-refractivity contribution in [1.82, 2.24) is 0 Å². The van der Waals surface area contributed by atoms with E-state index in [1.807, 2.05) is 51.0 Å². The van der Waals surface area contributed by atoms with Crippen LogP contribution in [0.15, 0.2) is 18.2 Å². The first-order valence-corrected chi connectivity index (χ1v) is 4.72. The summed E-state index contributed by atoms with van der Waals surface area (Å²) in [7, 11) is 3.92. The van der Waals surface area contributed by atoms with E-state index in [-0.39, 0.29) is 0 Å². The van der Waals surface area contributed by atoms with Gasteiger partial charge in [-0.25, -0.2) is 0 Å². The molecule has 0 spiro atoms. The van der Waals surface area contributed by atoms with Gasteiger partial charge in [0.25, 0.3) is 0 Å². The molecule has 0 bridgehead atoms. The van der Waals surface area contributed by atoms with E-state index in [4.69, 9.17) is 11.1 Å². The van der Waals surface area contributed by atoms with Crippen molar-refractivity contribution in [1.29, 1.82) is 5.41 Å². The largest absolute Gasteiger partial charge is 0.398 e. The van der Waals surface area contributed by atoms with Crippen molar-refractivity contribution in [3.05, 3.63) is 23.8 Å².